The quantitative estimate of drug-likeness (QED) is 0.823. The van der Waals surface area contributed by atoms with Crippen molar-refractivity contribution in [1.82, 2.24) is 5.32 Å². The van der Waals surface area contributed by atoms with E-state index in [1.165, 1.54) is 0 Å². The van der Waals surface area contributed by atoms with E-state index < -0.39 is 5.38 Å². The van der Waals surface area contributed by atoms with E-state index in [0.717, 1.165) is 11.3 Å². The first-order valence-electron chi connectivity index (χ1n) is 5.13. The number of benzene rings is 1. The molecule has 1 rings (SSSR count). The predicted molar refractivity (Wildman–Crippen MR) is 64.9 cm³/mol. The zero-order valence-corrected chi connectivity index (χ0v) is 10.4. The van der Waals surface area contributed by atoms with Crippen molar-refractivity contribution in [3.63, 3.8) is 0 Å². The van der Waals surface area contributed by atoms with Crippen LogP contribution in [-0.4, -0.2) is 18.4 Å². The molecule has 1 N–H and O–H groups in total. The van der Waals surface area contributed by atoms with Crippen LogP contribution in [0.1, 0.15) is 25.5 Å². The molecule has 88 valence electrons. The number of hydrogen-bond acceptors (Lipinski definition) is 2. The second kappa shape index (κ2) is 5.75. The van der Waals surface area contributed by atoms with E-state index in [1.807, 2.05) is 31.2 Å². The van der Waals surface area contributed by atoms with Crippen molar-refractivity contribution in [2.24, 2.45) is 0 Å². The molecule has 4 heteroatoms. The highest BCUT2D eigenvalue weighted by atomic mass is 35.5. The van der Waals surface area contributed by atoms with E-state index in [2.05, 4.69) is 5.32 Å². The van der Waals surface area contributed by atoms with E-state index >= 15 is 0 Å². The zero-order chi connectivity index (χ0) is 12.1. The van der Waals surface area contributed by atoms with Crippen LogP contribution in [0, 0.1) is 0 Å². The van der Waals surface area contributed by atoms with Gasteiger partial charge in [-0.15, -0.1) is 11.6 Å². The second-order valence-electron chi connectivity index (χ2n) is 3.59. The smallest absolute Gasteiger partial charge is 0.238 e. The molecule has 1 aromatic rings. The lowest BCUT2D eigenvalue weighted by atomic mass is 10.1. The minimum atomic E-state index is -0.530. The van der Waals surface area contributed by atoms with Gasteiger partial charge < -0.3 is 10.1 Å². The lowest BCUT2D eigenvalue weighted by molar-refractivity contribution is -0.121. The van der Waals surface area contributed by atoms with Crippen LogP contribution in [0.4, 0.5) is 0 Å². The Morgan fingerprint density at radius 1 is 1.38 bits per heavy atom. The van der Waals surface area contributed by atoms with Crippen molar-refractivity contribution in [2.45, 2.75) is 25.3 Å². The summed E-state index contributed by atoms with van der Waals surface area (Å²) in [6.07, 6.45) is 0. The van der Waals surface area contributed by atoms with Gasteiger partial charge in [0.05, 0.1) is 13.2 Å². The lowest BCUT2D eigenvalue weighted by Gasteiger charge is -2.17. The lowest BCUT2D eigenvalue weighted by Crippen LogP contribution is -2.32. The maximum atomic E-state index is 11.4. The number of carbonyl (C=O) groups excluding carboxylic acids is 1. The van der Waals surface area contributed by atoms with Crippen molar-refractivity contribution in [2.75, 3.05) is 7.11 Å². The summed E-state index contributed by atoms with van der Waals surface area (Å²) < 4.78 is 5.22. The van der Waals surface area contributed by atoms with Crippen LogP contribution in [0.2, 0.25) is 0 Å². The van der Waals surface area contributed by atoms with E-state index in [-0.39, 0.29) is 11.9 Å². The van der Waals surface area contributed by atoms with Crippen molar-refractivity contribution < 1.29 is 9.53 Å². The van der Waals surface area contributed by atoms with Crippen LogP contribution in [0.25, 0.3) is 0 Å². The molecule has 0 aliphatic carbocycles. The van der Waals surface area contributed by atoms with Crippen LogP contribution in [-0.2, 0) is 4.79 Å². The summed E-state index contributed by atoms with van der Waals surface area (Å²) >= 11 is 5.69. The molecule has 0 aliphatic heterocycles. The molecule has 0 aromatic heterocycles. The SMILES string of the molecule is COc1ccccc1[C@@H](C)NC(=O)[C@@H](C)Cl. The standard InChI is InChI=1S/C12H16ClNO2/c1-8(13)12(15)14-9(2)10-6-4-5-7-11(10)16-3/h4-9H,1-3H3,(H,14,15)/t8-,9-/m1/s1. The van der Waals surface area contributed by atoms with Gasteiger partial charge >= 0.3 is 0 Å². The third-order valence-electron chi connectivity index (χ3n) is 2.33. The van der Waals surface area contributed by atoms with E-state index in [0.29, 0.717) is 0 Å². The fourth-order valence-electron chi connectivity index (χ4n) is 1.43. The van der Waals surface area contributed by atoms with Crippen molar-refractivity contribution in [1.29, 1.82) is 0 Å². The van der Waals surface area contributed by atoms with Gasteiger partial charge in [0.25, 0.3) is 0 Å². The molecule has 0 heterocycles. The average Bonchev–Trinajstić information content (AvgIpc) is 2.28. The highest BCUT2D eigenvalue weighted by Gasteiger charge is 2.16. The number of alkyl halides is 1. The molecule has 2 atom stereocenters. The molecule has 0 unspecified atom stereocenters. The fourth-order valence-corrected chi connectivity index (χ4v) is 1.49. The van der Waals surface area contributed by atoms with Crippen molar-refractivity contribution in [3.05, 3.63) is 29.8 Å². The third kappa shape index (κ3) is 3.14. The Bertz CT molecular complexity index is 366. The predicted octanol–water partition coefficient (Wildman–Crippen LogP) is 2.50. The summed E-state index contributed by atoms with van der Waals surface area (Å²) in [5, 5.41) is 2.29. The molecule has 3 nitrogen and oxygen atoms in total. The Balaban J connectivity index is 2.80. The fraction of sp³-hybridized carbons (Fsp3) is 0.417. The summed E-state index contributed by atoms with van der Waals surface area (Å²) in [6.45, 7) is 3.54. The van der Waals surface area contributed by atoms with Gasteiger partial charge in [0.15, 0.2) is 0 Å². The highest BCUT2D eigenvalue weighted by Crippen LogP contribution is 2.24. The summed E-state index contributed by atoms with van der Waals surface area (Å²) in [4.78, 5) is 11.4. The summed E-state index contributed by atoms with van der Waals surface area (Å²) in [5.74, 6) is 0.581. The number of carbonyl (C=O) groups is 1. The summed E-state index contributed by atoms with van der Waals surface area (Å²) in [6, 6.07) is 7.46. The van der Waals surface area contributed by atoms with Gasteiger partial charge in [-0.25, -0.2) is 0 Å². The molecule has 16 heavy (non-hydrogen) atoms. The highest BCUT2D eigenvalue weighted by molar-refractivity contribution is 6.30. The minimum absolute atomic E-state index is 0.121. The maximum Gasteiger partial charge on any atom is 0.238 e. The molecule has 0 spiro atoms. The number of amides is 1. The summed E-state index contributed by atoms with van der Waals surface area (Å²) in [7, 11) is 1.61. The molecule has 0 aliphatic rings. The molecular weight excluding hydrogens is 226 g/mol. The largest absolute Gasteiger partial charge is 0.496 e. The van der Waals surface area contributed by atoms with Crippen LogP contribution < -0.4 is 10.1 Å². The van der Waals surface area contributed by atoms with Crippen LogP contribution in [0.15, 0.2) is 24.3 Å². The Labute approximate surface area is 101 Å². The molecule has 0 saturated carbocycles. The van der Waals surface area contributed by atoms with Gasteiger partial charge in [-0.2, -0.15) is 0 Å². The normalized spacial score (nSPS) is 14.0. The number of para-hydroxylation sites is 1. The topological polar surface area (TPSA) is 38.3 Å². The molecule has 1 amide bonds. The molecule has 0 radical (unpaired) electrons. The number of ether oxygens (including phenoxy) is 1. The Morgan fingerprint density at radius 2 is 2.00 bits per heavy atom. The molecular formula is C12H16ClNO2. The van der Waals surface area contributed by atoms with Crippen molar-refractivity contribution in [3.8, 4) is 5.75 Å². The first kappa shape index (κ1) is 12.8. The first-order valence-corrected chi connectivity index (χ1v) is 5.57. The molecule has 0 fully saturated rings. The van der Waals surface area contributed by atoms with Crippen LogP contribution >= 0.6 is 11.6 Å². The number of nitrogens with one attached hydrogen (secondary N) is 1. The van der Waals surface area contributed by atoms with Crippen LogP contribution in [0.5, 0.6) is 5.75 Å². The number of halogens is 1. The second-order valence-corrected chi connectivity index (χ2v) is 4.24. The maximum absolute atomic E-state index is 11.4. The molecule has 1 aromatic carbocycles. The first-order chi connectivity index (χ1) is 7.56. The Kier molecular flexibility index (Phi) is 4.62. The Morgan fingerprint density at radius 3 is 2.56 bits per heavy atom. The molecule has 0 saturated heterocycles. The average molecular weight is 242 g/mol. The third-order valence-corrected chi connectivity index (χ3v) is 2.52. The van der Waals surface area contributed by atoms with E-state index in [4.69, 9.17) is 16.3 Å². The summed E-state index contributed by atoms with van der Waals surface area (Å²) in [5.41, 5.74) is 0.940. The Hall–Kier alpha value is -1.22. The van der Waals surface area contributed by atoms with E-state index in [1.54, 1.807) is 14.0 Å². The minimum Gasteiger partial charge on any atom is -0.496 e. The van der Waals surface area contributed by atoms with Gasteiger partial charge in [0.1, 0.15) is 11.1 Å². The number of methoxy groups -OCH3 is 1. The van der Waals surface area contributed by atoms with Crippen LogP contribution in [0.3, 0.4) is 0 Å². The van der Waals surface area contributed by atoms with Crippen molar-refractivity contribution >= 4 is 17.5 Å². The van der Waals surface area contributed by atoms with Gasteiger partial charge in [0.2, 0.25) is 5.91 Å². The van der Waals surface area contributed by atoms with E-state index in [9.17, 15) is 4.79 Å². The molecule has 0 bridgehead atoms. The van der Waals surface area contributed by atoms with Gasteiger partial charge in [-0.1, -0.05) is 18.2 Å². The zero-order valence-electron chi connectivity index (χ0n) is 9.66. The van der Waals surface area contributed by atoms with Gasteiger partial charge in [-0.3, -0.25) is 4.79 Å². The van der Waals surface area contributed by atoms with Gasteiger partial charge in [-0.05, 0) is 19.9 Å². The van der Waals surface area contributed by atoms with Gasteiger partial charge in [0, 0.05) is 5.56 Å². The monoisotopic (exact) mass is 241 g/mol. The number of hydrogen-bond donors (Lipinski definition) is 1. The number of rotatable bonds is 4.